The van der Waals surface area contributed by atoms with Gasteiger partial charge in [0.2, 0.25) is 17.8 Å². The van der Waals surface area contributed by atoms with Gasteiger partial charge in [-0.3, -0.25) is 9.59 Å². The summed E-state index contributed by atoms with van der Waals surface area (Å²) >= 11 is 0. The molecule has 0 bridgehead atoms. The van der Waals surface area contributed by atoms with Gasteiger partial charge in [0.05, 0.1) is 42.7 Å². The first-order chi connectivity index (χ1) is 19.4. The Kier molecular flexibility index (Phi) is 7.67. The molecule has 0 radical (unpaired) electrons. The molecule has 5 rings (SSSR count). The zero-order chi connectivity index (χ0) is 29.4. The summed E-state index contributed by atoms with van der Waals surface area (Å²) in [6.07, 6.45) is 1.88. The molecule has 0 aromatic carbocycles. The van der Waals surface area contributed by atoms with E-state index in [1.807, 2.05) is 6.07 Å². The molecule has 0 saturated heterocycles. The number of rotatable bonds is 9. The van der Waals surface area contributed by atoms with Crippen molar-refractivity contribution in [3.8, 4) is 6.07 Å². The van der Waals surface area contributed by atoms with Crippen LogP contribution in [-0.2, 0) is 4.79 Å². The fraction of sp³-hybridized carbons (Fsp3) is 0.577. The molecule has 2 saturated carbocycles. The van der Waals surface area contributed by atoms with Crippen LogP contribution in [0.25, 0.3) is 5.65 Å². The summed E-state index contributed by atoms with van der Waals surface area (Å²) in [4.78, 5) is 30.1. The number of halogens is 4. The second-order valence-corrected chi connectivity index (χ2v) is 10.9. The molecule has 0 spiro atoms. The molecule has 0 aliphatic heterocycles. The Hall–Kier alpha value is -4.09. The van der Waals surface area contributed by atoms with Crippen molar-refractivity contribution in [2.24, 2.45) is 11.8 Å². The normalized spacial score (nSPS) is 20.1. The Bertz CT molecular complexity index is 1460. The molecular weight excluding hydrogens is 548 g/mol. The van der Waals surface area contributed by atoms with Gasteiger partial charge in [0.15, 0.2) is 11.3 Å². The van der Waals surface area contributed by atoms with E-state index in [-0.39, 0.29) is 68.7 Å². The highest BCUT2D eigenvalue weighted by Gasteiger charge is 2.46. The quantitative estimate of drug-likeness (QED) is 0.359. The van der Waals surface area contributed by atoms with Crippen LogP contribution in [-0.4, -0.2) is 48.6 Å². The van der Waals surface area contributed by atoms with Gasteiger partial charge < -0.3 is 10.6 Å². The summed E-state index contributed by atoms with van der Waals surface area (Å²) in [6, 6.07) is 2.14. The number of aromatic nitrogens is 5. The Morgan fingerprint density at radius 2 is 1.90 bits per heavy atom. The van der Waals surface area contributed by atoms with E-state index in [4.69, 9.17) is 0 Å². The first-order valence-electron chi connectivity index (χ1n) is 13.3. The van der Waals surface area contributed by atoms with Gasteiger partial charge >= 0.3 is 0 Å². The number of imidazole rings is 1. The number of amides is 2. The maximum Gasteiger partial charge on any atom is 0.276 e. The number of carbonyl (C=O) groups excluding carboxylic acids is 2. The highest BCUT2D eigenvalue weighted by Crippen LogP contribution is 2.44. The van der Waals surface area contributed by atoms with Crippen LogP contribution in [0.4, 0.5) is 17.6 Å². The second-order valence-electron chi connectivity index (χ2n) is 10.9. The minimum absolute atomic E-state index is 0.0268. The number of nitrogens with one attached hydrogen (secondary N) is 2. The van der Waals surface area contributed by atoms with Crippen LogP contribution in [0.2, 0.25) is 0 Å². The lowest BCUT2D eigenvalue weighted by atomic mass is 9.79. The van der Waals surface area contributed by atoms with Crippen LogP contribution >= 0.6 is 0 Å². The van der Waals surface area contributed by atoms with Crippen molar-refractivity contribution in [2.75, 3.05) is 0 Å². The summed E-state index contributed by atoms with van der Waals surface area (Å²) in [6.45, 7) is 1.55. The molecule has 218 valence electrons. The molecule has 11 nitrogen and oxygen atoms in total. The van der Waals surface area contributed by atoms with Gasteiger partial charge in [-0.15, -0.1) is 0 Å². The fourth-order valence-electron chi connectivity index (χ4n) is 5.51. The first-order valence-corrected chi connectivity index (χ1v) is 13.3. The third-order valence-electron chi connectivity index (χ3n) is 7.75. The molecule has 2 atom stereocenters. The Morgan fingerprint density at radius 3 is 2.54 bits per heavy atom. The van der Waals surface area contributed by atoms with Gasteiger partial charge in [-0.2, -0.15) is 10.4 Å². The molecule has 41 heavy (non-hydrogen) atoms. The largest absolute Gasteiger partial charge is 0.348 e. The molecule has 3 heterocycles. The highest BCUT2D eigenvalue weighted by atomic mass is 19.3. The van der Waals surface area contributed by atoms with E-state index in [9.17, 15) is 32.4 Å². The van der Waals surface area contributed by atoms with E-state index >= 15 is 0 Å². The van der Waals surface area contributed by atoms with Crippen molar-refractivity contribution in [3.63, 3.8) is 0 Å². The average Bonchev–Trinajstić information content (AvgIpc) is 3.51. The zero-order valence-corrected chi connectivity index (χ0v) is 22.1. The number of hydrogen-bond acceptors (Lipinski definition) is 8. The second kappa shape index (κ2) is 11.1. The van der Waals surface area contributed by atoms with Gasteiger partial charge in [0.1, 0.15) is 5.69 Å². The average molecular weight is 577 g/mol. The molecule has 1 unspecified atom stereocenters. The number of nitriles is 1. The summed E-state index contributed by atoms with van der Waals surface area (Å²) in [5.74, 6) is -7.28. The Labute approximate surface area is 231 Å². The molecule has 2 N–H and O–H groups in total. The van der Waals surface area contributed by atoms with Gasteiger partial charge in [-0.25, -0.2) is 31.7 Å². The van der Waals surface area contributed by atoms with Crippen molar-refractivity contribution >= 4 is 17.5 Å². The van der Waals surface area contributed by atoms with Crippen molar-refractivity contribution in [1.82, 2.24) is 35.5 Å². The lowest BCUT2D eigenvalue weighted by Crippen LogP contribution is -2.39. The maximum atomic E-state index is 13.9. The smallest absolute Gasteiger partial charge is 0.276 e. The van der Waals surface area contributed by atoms with Crippen molar-refractivity contribution in [2.45, 2.75) is 82.2 Å². The fourth-order valence-corrected chi connectivity index (χ4v) is 5.51. The van der Waals surface area contributed by atoms with Crippen molar-refractivity contribution in [1.29, 1.82) is 5.26 Å². The minimum atomic E-state index is -2.77. The number of aryl methyl sites for hydroxylation is 1. The van der Waals surface area contributed by atoms with Gasteiger partial charge in [-0.05, 0) is 48.4 Å². The van der Waals surface area contributed by atoms with E-state index in [0.29, 0.717) is 16.9 Å². The molecule has 2 aliphatic rings. The predicted octanol–water partition coefficient (Wildman–Crippen LogP) is 4.22. The predicted molar refractivity (Wildman–Crippen MR) is 133 cm³/mol. The Balaban J connectivity index is 1.37. The first kappa shape index (κ1) is 28.4. The minimum Gasteiger partial charge on any atom is -0.348 e. The summed E-state index contributed by atoms with van der Waals surface area (Å²) < 4.78 is 60.2. The molecule has 2 amide bonds. The third-order valence-corrected chi connectivity index (χ3v) is 7.75. The summed E-state index contributed by atoms with van der Waals surface area (Å²) in [5, 5.41) is 26.5. The number of fused-ring (bicyclic) bond motifs is 1. The maximum absolute atomic E-state index is 13.9. The monoisotopic (exact) mass is 576 g/mol. The standard InChI is InChI=1S/C26H28F4N8O3/c1-14-22(37-41-36-14)24(40)35-23(16-2-5-25(27,28)6-3-16)19-13-38-20(33-19)9-17(12-32-38)18(4-7-31)34-21(39)8-15-10-26(29,30)11-15/h9,12-13,15-16,18,23H,2-6,8,10-11H2,1H3,(H,34,39)(H,35,40)/t18-,23?/m0/s1. The van der Waals surface area contributed by atoms with Crippen LogP contribution in [0.3, 0.4) is 0 Å². The molecule has 15 heteroatoms. The third kappa shape index (κ3) is 6.47. The molecule has 3 aromatic rings. The molecule has 2 aliphatic carbocycles. The number of carbonyl (C=O) groups is 2. The van der Waals surface area contributed by atoms with E-state index in [1.165, 1.54) is 10.7 Å². The van der Waals surface area contributed by atoms with Crippen LogP contribution in [0.5, 0.6) is 0 Å². The van der Waals surface area contributed by atoms with E-state index in [1.54, 1.807) is 19.2 Å². The summed E-state index contributed by atoms with van der Waals surface area (Å²) in [7, 11) is 0. The van der Waals surface area contributed by atoms with E-state index in [0.717, 1.165) is 0 Å². The lowest BCUT2D eigenvalue weighted by Gasteiger charge is -2.34. The SMILES string of the molecule is Cc1nonc1C(=O)NC(c1cn2ncc([C@H](CC#N)NC(=O)CC3CC(F)(F)C3)cc2n1)C1CCC(F)(F)CC1. The molecule has 2 fully saturated rings. The Morgan fingerprint density at radius 1 is 1.17 bits per heavy atom. The van der Waals surface area contributed by atoms with E-state index in [2.05, 4.69) is 35.7 Å². The van der Waals surface area contributed by atoms with E-state index < -0.39 is 41.7 Å². The summed E-state index contributed by atoms with van der Waals surface area (Å²) in [5.41, 5.74) is 1.45. The van der Waals surface area contributed by atoms with Crippen molar-refractivity contribution < 1.29 is 31.8 Å². The number of alkyl halides is 4. The lowest BCUT2D eigenvalue weighted by molar-refractivity contribution is -0.134. The highest BCUT2D eigenvalue weighted by molar-refractivity contribution is 5.93. The van der Waals surface area contributed by atoms with Gasteiger partial charge in [0, 0.05) is 32.1 Å². The zero-order valence-electron chi connectivity index (χ0n) is 22.1. The van der Waals surface area contributed by atoms with Crippen LogP contribution < -0.4 is 10.6 Å². The number of hydrogen-bond donors (Lipinski definition) is 2. The topological polar surface area (TPSA) is 151 Å². The molecular formula is C26H28F4N8O3. The van der Waals surface area contributed by atoms with Gasteiger partial charge in [0.25, 0.3) is 5.91 Å². The van der Waals surface area contributed by atoms with Crippen molar-refractivity contribution in [3.05, 3.63) is 41.1 Å². The van der Waals surface area contributed by atoms with Crippen LogP contribution in [0, 0.1) is 30.1 Å². The molecule has 3 aromatic heterocycles. The number of nitrogens with zero attached hydrogens (tertiary/aromatic N) is 6. The van der Waals surface area contributed by atoms with Crippen LogP contribution in [0.15, 0.2) is 23.1 Å². The van der Waals surface area contributed by atoms with Gasteiger partial charge in [-0.1, -0.05) is 5.16 Å². The van der Waals surface area contributed by atoms with Crippen LogP contribution in [0.1, 0.15) is 90.9 Å².